The molecule has 0 bridgehead atoms. The second-order valence-electron chi connectivity index (χ2n) is 8.21. The minimum Gasteiger partial charge on any atom is -0.423 e. The maximum Gasteiger partial charge on any atom is 0.492 e. The van der Waals surface area contributed by atoms with Crippen molar-refractivity contribution in [3.05, 3.63) is 23.8 Å². The van der Waals surface area contributed by atoms with Gasteiger partial charge in [-0.05, 0) is 42.0 Å². The van der Waals surface area contributed by atoms with Crippen molar-refractivity contribution in [3.8, 4) is 0 Å². The first-order valence-corrected chi connectivity index (χ1v) is 12.2. The summed E-state index contributed by atoms with van der Waals surface area (Å²) in [4.78, 5) is 0.215. The highest BCUT2D eigenvalue weighted by molar-refractivity contribution is 7.91. The molecule has 1 aliphatic rings. The van der Waals surface area contributed by atoms with Gasteiger partial charge >= 0.3 is 7.12 Å². The van der Waals surface area contributed by atoms with Crippen LogP contribution in [0.1, 0.15) is 40.2 Å². The van der Waals surface area contributed by atoms with Crippen LogP contribution in [0.4, 0.5) is 0 Å². The predicted octanol–water partition coefficient (Wildman–Crippen LogP) is 1.92. The molecule has 0 saturated heterocycles. The van der Waals surface area contributed by atoms with E-state index in [1.165, 1.54) is 6.07 Å². The second kappa shape index (κ2) is 5.42. The lowest BCUT2D eigenvalue weighted by Gasteiger charge is -2.36. The average molecular weight is 355 g/mol. The molecule has 1 aromatic carbocycles. The molecule has 2 N–H and O–H groups in total. The summed E-state index contributed by atoms with van der Waals surface area (Å²) in [5.74, 6) is 0. The van der Waals surface area contributed by atoms with Crippen LogP contribution in [0.5, 0.6) is 0 Å². The van der Waals surface area contributed by atoms with Gasteiger partial charge in [-0.2, -0.15) is 0 Å². The fourth-order valence-electron chi connectivity index (χ4n) is 2.39. The first-order valence-electron chi connectivity index (χ1n) is 7.72. The van der Waals surface area contributed by atoms with Gasteiger partial charge < -0.3 is 9.68 Å². The number of sulfonamides is 1. The van der Waals surface area contributed by atoms with Gasteiger partial charge in [0.1, 0.15) is 8.24 Å². The lowest BCUT2D eigenvalue weighted by atomic mass is 9.78. The summed E-state index contributed by atoms with van der Waals surface area (Å²) in [7, 11) is -6.84. The standard InChI is InChI=1S/C15H26BNO4SSi/c1-14(2,3)23(6,7)17-22(19,20)11-8-9-13-12(10-11)15(4,5)21-16(13)18/h8-10,17-18H,1-7H3. The summed E-state index contributed by atoms with van der Waals surface area (Å²) in [5, 5.41) is 9.82. The quantitative estimate of drug-likeness (QED) is 0.813. The van der Waals surface area contributed by atoms with Gasteiger partial charge in [0.05, 0.1) is 10.5 Å². The average Bonchev–Trinajstić information content (AvgIpc) is 2.57. The second-order valence-corrected chi connectivity index (χ2v) is 15.3. The molecule has 0 fully saturated rings. The molecular formula is C15H26BNO4SSi. The van der Waals surface area contributed by atoms with Crippen LogP contribution in [0.15, 0.2) is 23.1 Å². The normalized spacial score (nSPS) is 18.2. The molecule has 0 spiro atoms. The van der Waals surface area contributed by atoms with Gasteiger partial charge in [-0.15, -0.1) is 0 Å². The van der Waals surface area contributed by atoms with Crippen molar-refractivity contribution in [2.75, 3.05) is 0 Å². The smallest absolute Gasteiger partial charge is 0.423 e. The highest BCUT2D eigenvalue weighted by atomic mass is 32.2. The Morgan fingerprint density at radius 1 is 1.26 bits per heavy atom. The summed E-state index contributed by atoms with van der Waals surface area (Å²) < 4.78 is 34.0. The summed E-state index contributed by atoms with van der Waals surface area (Å²) >= 11 is 0. The topological polar surface area (TPSA) is 75.6 Å². The molecule has 0 aliphatic carbocycles. The third-order valence-electron chi connectivity index (χ3n) is 4.92. The molecule has 2 rings (SSSR count). The molecule has 5 nitrogen and oxygen atoms in total. The Morgan fingerprint density at radius 3 is 2.35 bits per heavy atom. The number of nitrogens with one attached hydrogen (secondary N) is 1. The lowest BCUT2D eigenvalue weighted by Crippen LogP contribution is -2.54. The van der Waals surface area contributed by atoms with E-state index in [0.29, 0.717) is 11.0 Å². The molecular weight excluding hydrogens is 329 g/mol. The maximum atomic E-state index is 12.8. The predicted molar refractivity (Wildman–Crippen MR) is 95.7 cm³/mol. The van der Waals surface area contributed by atoms with Crippen LogP contribution in [0.2, 0.25) is 18.1 Å². The molecule has 1 aromatic rings. The number of rotatable bonds is 3. The Hall–Kier alpha value is -0.668. The van der Waals surface area contributed by atoms with Gasteiger partial charge in [0.15, 0.2) is 0 Å². The number of hydrogen-bond donors (Lipinski definition) is 2. The van der Waals surface area contributed by atoms with Crippen molar-refractivity contribution < 1.29 is 18.1 Å². The Morgan fingerprint density at radius 2 is 1.83 bits per heavy atom. The highest BCUT2D eigenvalue weighted by Crippen LogP contribution is 2.35. The van der Waals surface area contributed by atoms with Crippen molar-refractivity contribution in [2.24, 2.45) is 0 Å². The molecule has 0 atom stereocenters. The zero-order valence-electron chi connectivity index (χ0n) is 14.9. The first kappa shape index (κ1) is 18.7. The van der Waals surface area contributed by atoms with Crippen LogP contribution in [0, 0.1) is 0 Å². The van der Waals surface area contributed by atoms with E-state index in [1.807, 2.05) is 26.9 Å². The minimum absolute atomic E-state index is 0.102. The molecule has 0 radical (unpaired) electrons. The van der Waals surface area contributed by atoms with Crippen LogP contribution >= 0.6 is 0 Å². The number of benzene rings is 1. The monoisotopic (exact) mass is 355 g/mol. The van der Waals surface area contributed by atoms with Crippen molar-refractivity contribution in [2.45, 2.75) is 63.2 Å². The Kier molecular flexibility index (Phi) is 4.40. The van der Waals surface area contributed by atoms with E-state index < -0.39 is 31.0 Å². The Labute approximate surface area is 140 Å². The van der Waals surface area contributed by atoms with Crippen molar-refractivity contribution >= 4 is 30.8 Å². The van der Waals surface area contributed by atoms with Gasteiger partial charge in [-0.3, -0.25) is 0 Å². The summed E-state index contributed by atoms with van der Waals surface area (Å²) in [6.07, 6.45) is 0. The summed E-state index contributed by atoms with van der Waals surface area (Å²) in [6.45, 7) is 13.8. The Balaban J connectivity index is 2.44. The van der Waals surface area contributed by atoms with Crippen LogP contribution in [0.25, 0.3) is 0 Å². The maximum absolute atomic E-state index is 12.8. The molecule has 1 heterocycles. The van der Waals surface area contributed by atoms with Crippen molar-refractivity contribution in [1.82, 2.24) is 4.39 Å². The first-order chi connectivity index (χ1) is 10.2. The molecule has 0 aromatic heterocycles. The SMILES string of the molecule is CC1(C)OB(O)c2ccc(S(=O)(=O)N[Si](C)(C)C(C)(C)C)cc21. The van der Waals surface area contributed by atoms with Crippen LogP contribution in [-0.2, 0) is 20.3 Å². The van der Waals surface area contributed by atoms with E-state index >= 15 is 0 Å². The third kappa shape index (κ3) is 3.41. The summed E-state index contributed by atoms with van der Waals surface area (Å²) in [6, 6.07) is 4.78. The lowest BCUT2D eigenvalue weighted by molar-refractivity contribution is 0.101. The molecule has 23 heavy (non-hydrogen) atoms. The van der Waals surface area contributed by atoms with E-state index in [2.05, 4.69) is 25.2 Å². The number of fused-ring (bicyclic) bond motifs is 1. The minimum atomic E-state index is -3.62. The fourth-order valence-corrected chi connectivity index (χ4v) is 7.30. The molecule has 1 aliphatic heterocycles. The molecule has 8 heteroatoms. The van der Waals surface area contributed by atoms with E-state index in [1.54, 1.807) is 12.1 Å². The van der Waals surface area contributed by atoms with E-state index in [0.717, 1.165) is 0 Å². The van der Waals surface area contributed by atoms with Gasteiger partial charge in [0.25, 0.3) is 0 Å². The largest absolute Gasteiger partial charge is 0.492 e. The molecule has 128 valence electrons. The summed E-state index contributed by atoms with van der Waals surface area (Å²) in [5.41, 5.74) is 0.626. The zero-order chi connectivity index (χ0) is 17.8. The Bertz CT molecular complexity index is 725. The van der Waals surface area contributed by atoms with Crippen LogP contribution in [0.3, 0.4) is 0 Å². The zero-order valence-corrected chi connectivity index (χ0v) is 16.7. The molecule has 0 unspecified atom stereocenters. The van der Waals surface area contributed by atoms with Gasteiger partial charge in [-0.25, -0.2) is 12.8 Å². The third-order valence-corrected chi connectivity index (χ3v) is 12.7. The fraction of sp³-hybridized carbons (Fsp3) is 0.600. The molecule has 0 amide bonds. The van der Waals surface area contributed by atoms with Gasteiger partial charge in [0, 0.05) is 0 Å². The van der Waals surface area contributed by atoms with E-state index in [4.69, 9.17) is 4.65 Å². The molecule has 0 saturated carbocycles. The van der Waals surface area contributed by atoms with Crippen LogP contribution < -0.4 is 9.85 Å². The van der Waals surface area contributed by atoms with Gasteiger partial charge in [0.2, 0.25) is 10.0 Å². The van der Waals surface area contributed by atoms with Gasteiger partial charge in [-0.1, -0.05) is 39.9 Å². The van der Waals surface area contributed by atoms with Crippen LogP contribution in [-0.4, -0.2) is 28.8 Å². The highest BCUT2D eigenvalue weighted by Gasteiger charge is 2.43. The van der Waals surface area contributed by atoms with Crippen molar-refractivity contribution in [1.29, 1.82) is 0 Å². The van der Waals surface area contributed by atoms with E-state index in [-0.39, 0.29) is 9.93 Å². The van der Waals surface area contributed by atoms with E-state index in [9.17, 15) is 13.4 Å². The van der Waals surface area contributed by atoms with Crippen molar-refractivity contribution in [3.63, 3.8) is 0 Å². The number of hydrogen-bond acceptors (Lipinski definition) is 4.